The number of aromatic nitrogens is 5. The van der Waals surface area contributed by atoms with E-state index in [2.05, 4.69) is 30.5 Å². The zero-order valence-corrected chi connectivity index (χ0v) is 42.1. The highest BCUT2D eigenvalue weighted by Gasteiger charge is 2.33. The van der Waals surface area contributed by atoms with Crippen molar-refractivity contribution in [3.63, 3.8) is 0 Å². The van der Waals surface area contributed by atoms with Crippen LogP contribution >= 0.6 is 11.3 Å². The fourth-order valence-electron chi connectivity index (χ4n) is 11.3. The van der Waals surface area contributed by atoms with Crippen LogP contribution in [0.2, 0.25) is 0 Å². The number of fused-ring (bicyclic) bond motifs is 3. The Hall–Kier alpha value is -7.24. The average Bonchev–Trinajstić information content (AvgIpc) is 3.97. The molecule has 3 aromatic carbocycles. The summed E-state index contributed by atoms with van der Waals surface area (Å²) < 4.78 is 9.29. The number of carboxylic acid groups (broad SMARTS) is 1. The van der Waals surface area contributed by atoms with E-state index in [1.165, 1.54) is 30.6 Å². The van der Waals surface area contributed by atoms with Crippen molar-refractivity contribution in [2.75, 3.05) is 54.4 Å². The summed E-state index contributed by atoms with van der Waals surface area (Å²) in [7, 11) is 1.86. The number of hydrogen-bond donors (Lipinski definition) is 3. The first kappa shape index (κ1) is 48.1. The van der Waals surface area contributed by atoms with Crippen molar-refractivity contribution in [2.45, 2.75) is 89.7 Å². The Labute approximate surface area is 427 Å². The third-order valence-electron chi connectivity index (χ3n) is 15.3. The smallest absolute Gasteiger partial charge is 0.355 e. The lowest BCUT2D eigenvalue weighted by atomic mass is 9.84. The van der Waals surface area contributed by atoms with Gasteiger partial charge in [0, 0.05) is 69.3 Å². The number of nitrogens with one attached hydrogen (secondary N) is 2. The molecule has 1 atom stereocenters. The molecule has 1 unspecified atom stereocenters. The number of nitrogens with zero attached hydrogens (tertiary/aromatic N) is 8. The predicted molar refractivity (Wildman–Crippen MR) is 283 cm³/mol. The van der Waals surface area contributed by atoms with Gasteiger partial charge in [0.15, 0.2) is 16.5 Å². The van der Waals surface area contributed by atoms with E-state index < -0.39 is 11.9 Å². The molecule has 16 nitrogen and oxygen atoms in total. The number of piperazine rings is 1. The normalized spacial score (nSPS) is 19.5. The molecule has 4 aromatic heterocycles. The fourth-order valence-corrected chi connectivity index (χ4v) is 12.2. The molecule has 4 aliphatic rings. The molecule has 376 valence electrons. The van der Waals surface area contributed by atoms with Crippen molar-refractivity contribution < 1.29 is 29.0 Å². The first-order chi connectivity index (χ1) is 35.5. The number of para-hydroxylation sites is 1. The Morgan fingerprint density at radius 3 is 2.41 bits per heavy atom. The monoisotopic (exact) mass is 1000 g/mol. The second-order valence-electron chi connectivity index (χ2n) is 20.0. The number of amides is 3. The number of piperidine rings is 1. The highest BCUT2D eigenvalue weighted by atomic mass is 32.1. The maximum atomic E-state index is 13.6. The van der Waals surface area contributed by atoms with Gasteiger partial charge in [0.1, 0.15) is 17.4 Å². The van der Waals surface area contributed by atoms with E-state index in [0.717, 1.165) is 113 Å². The molecule has 17 heteroatoms. The van der Waals surface area contributed by atoms with E-state index in [4.69, 9.17) is 14.7 Å². The van der Waals surface area contributed by atoms with Gasteiger partial charge in [-0.05, 0) is 141 Å². The molecule has 11 rings (SSSR count). The van der Waals surface area contributed by atoms with Crippen LogP contribution in [-0.4, -0.2) is 104 Å². The summed E-state index contributed by atoms with van der Waals surface area (Å²) in [5, 5.41) is 22.0. The van der Waals surface area contributed by atoms with E-state index >= 15 is 0 Å². The van der Waals surface area contributed by atoms with Crippen molar-refractivity contribution in [1.29, 1.82) is 0 Å². The predicted octanol–water partition coefficient (Wildman–Crippen LogP) is 8.91. The van der Waals surface area contributed by atoms with Crippen molar-refractivity contribution in [3.05, 3.63) is 119 Å². The van der Waals surface area contributed by atoms with Crippen LogP contribution in [0.1, 0.15) is 107 Å². The van der Waals surface area contributed by atoms with E-state index in [1.807, 2.05) is 104 Å². The van der Waals surface area contributed by atoms with Gasteiger partial charge in [-0.1, -0.05) is 54.5 Å². The molecule has 3 aliphatic heterocycles. The molecule has 2 saturated heterocycles. The van der Waals surface area contributed by atoms with Crippen LogP contribution in [0.5, 0.6) is 5.75 Å². The van der Waals surface area contributed by atoms with Crippen molar-refractivity contribution in [3.8, 4) is 16.9 Å². The van der Waals surface area contributed by atoms with Gasteiger partial charge in [-0.2, -0.15) is 5.10 Å². The summed E-state index contributed by atoms with van der Waals surface area (Å²) in [6.45, 7) is 7.95. The number of thiazole rings is 1. The molecular weight excluding hydrogens is 941 g/mol. The Kier molecular flexibility index (Phi) is 13.6. The van der Waals surface area contributed by atoms with Crippen LogP contribution in [0.15, 0.2) is 84.9 Å². The molecule has 0 bridgehead atoms. The largest absolute Gasteiger partial charge is 0.490 e. The second kappa shape index (κ2) is 20.7. The summed E-state index contributed by atoms with van der Waals surface area (Å²) in [5.74, 6) is 0.711. The first-order valence-corrected chi connectivity index (χ1v) is 26.5. The van der Waals surface area contributed by atoms with Gasteiger partial charge < -0.3 is 19.6 Å². The van der Waals surface area contributed by atoms with Crippen LogP contribution in [0, 0.1) is 12.8 Å². The minimum Gasteiger partial charge on any atom is -0.490 e. The highest BCUT2D eigenvalue weighted by molar-refractivity contribution is 7.22. The third-order valence-corrected chi connectivity index (χ3v) is 16.3. The lowest BCUT2D eigenvalue weighted by Crippen LogP contribution is -2.46. The number of pyridine rings is 2. The van der Waals surface area contributed by atoms with Crippen LogP contribution in [-0.2, 0) is 29.6 Å². The molecule has 7 aromatic rings. The topological polar surface area (TPSA) is 188 Å². The number of anilines is 3. The van der Waals surface area contributed by atoms with E-state index in [-0.39, 0.29) is 29.5 Å². The number of carbonyl (C=O) groups is 4. The zero-order valence-electron chi connectivity index (χ0n) is 41.3. The molecule has 7 heterocycles. The van der Waals surface area contributed by atoms with Gasteiger partial charge in [0.25, 0.3) is 5.91 Å². The molecule has 1 saturated carbocycles. The molecule has 0 spiro atoms. The number of unbranched alkanes of at least 4 members (excludes halogenated alkanes) is 1. The number of benzene rings is 3. The van der Waals surface area contributed by atoms with Crippen LogP contribution in [0.3, 0.4) is 0 Å². The van der Waals surface area contributed by atoms with E-state index in [0.29, 0.717) is 66.0 Å². The SMILES string of the molecule is Cc1cc(OC2CCC(CCCCN3CCN(c4ccc5c(C6CCC(=O)NC6=O)nn(C)c5n4)CC3)CC2)ccc1-c1ccc(N2CCc3cccc(C(=O)Nc4nc5ccccc5s4)c3C2)nc1C(=O)O. The van der Waals surface area contributed by atoms with E-state index in [1.54, 1.807) is 4.68 Å². The Morgan fingerprint density at radius 1 is 0.822 bits per heavy atom. The van der Waals surface area contributed by atoms with E-state index in [9.17, 15) is 24.3 Å². The summed E-state index contributed by atoms with van der Waals surface area (Å²) in [5.41, 5.74) is 7.10. The minimum atomic E-state index is -1.10. The quantitative estimate of drug-likeness (QED) is 0.0693. The number of aromatic carboxylic acids is 1. The second-order valence-corrected chi connectivity index (χ2v) is 21.1. The number of rotatable bonds is 14. The van der Waals surface area contributed by atoms with Gasteiger partial charge in [0.05, 0.1) is 27.9 Å². The lowest BCUT2D eigenvalue weighted by molar-refractivity contribution is -0.134. The van der Waals surface area contributed by atoms with Crippen LogP contribution in [0.25, 0.3) is 32.4 Å². The molecular formula is C56H60N10O6S. The average molecular weight is 1000 g/mol. The van der Waals surface area contributed by atoms with Gasteiger partial charge in [-0.3, -0.25) is 34.6 Å². The standard InChI is InChI=1S/C56H60N10O6S/c1-34-32-38(17-18-39(34)40-19-22-47(58-51(40)55(70)71)66-27-25-36-9-7-10-41(44(36)33-66)53(68)61-56-57-45-11-3-4-12-46(45)73-56)72-37-15-13-35(14-16-37)8-5-6-26-64-28-30-65(31-29-64)48-23-20-42-50(62-63(2)52(42)59-48)43-21-24-49(67)60-54(43)69/h3-4,7,9-12,17-20,22-23,32,35,37,43H,5-6,8,13-16,21,24-31,33H2,1-2H3,(H,70,71)(H,57,61,68)(H,60,67,69). The molecule has 3 amide bonds. The zero-order chi connectivity index (χ0) is 50.2. The highest BCUT2D eigenvalue weighted by Crippen LogP contribution is 2.36. The summed E-state index contributed by atoms with van der Waals surface area (Å²) in [6.07, 6.45) is 9.64. The molecule has 1 aliphatic carbocycles. The Morgan fingerprint density at radius 2 is 1.62 bits per heavy atom. The van der Waals surface area contributed by atoms with Crippen molar-refractivity contribution >= 4 is 73.0 Å². The number of aryl methyl sites for hydroxylation is 2. The maximum absolute atomic E-state index is 13.6. The Balaban J connectivity index is 0.634. The van der Waals surface area contributed by atoms with Crippen LogP contribution in [0.4, 0.5) is 16.8 Å². The Bertz CT molecular complexity index is 3210. The molecule has 3 fully saturated rings. The number of hydrogen-bond acceptors (Lipinski definition) is 13. The molecule has 0 radical (unpaired) electrons. The minimum absolute atomic E-state index is 0.0128. The molecule has 73 heavy (non-hydrogen) atoms. The van der Waals surface area contributed by atoms with Crippen molar-refractivity contribution in [1.82, 2.24) is 34.9 Å². The summed E-state index contributed by atoms with van der Waals surface area (Å²) >= 11 is 1.44. The first-order valence-electron chi connectivity index (χ1n) is 25.7. The lowest BCUT2D eigenvalue weighted by Gasteiger charge is -2.35. The number of imide groups is 1. The number of ether oxygens (including phenoxy) is 1. The van der Waals surface area contributed by atoms with Crippen molar-refractivity contribution in [2.24, 2.45) is 13.0 Å². The fraction of sp³-hybridized carbons (Fsp3) is 0.393. The summed E-state index contributed by atoms with van der Waals surface area (Å²) in [4.78, 5) is 71.9. The van der Waals surface area contributed by atoms with Gasteiger partial charge in [0.2, 0.25) is 11.8 Å². The number of carboxylic acids is 1. The summed E-state index contributed by atoms with van der Waals surface area (Å²) in [6, 6.07) is 27.3. The maximum Gasteiger partial charge on any atom is 0.355 e. The third kappa shape index (κ3) is 10.2. The number of carbonyl (C=O) groups excluding carboxylic acids is 3. The molecule has 3 N–H and O–H groups in total. The van der Waals surface area contributed by atoms with Crippen LogP contribution < -0.4 is 25.2 Å². The van der Waals surface area contributed by atoms with Gasteiger partial charge in [-0.25, -0.2) is 19.7 Å². The van der Waals surface area contributed by atoms with Gasteiger partial charge >= 0.3 is 5.97 Å². The van der Waals surface area contributed by atoms with Gasteiger partial charge in [-0.15, -0.1) is 0 Å².